The smallest absolute Gasteiger partial charge is 0.175 e. The molecule has 56 valence electrons. The highest BCUT2D eigenvalue weighted by Gasteiger charge is 2.08. The molecule has 0 aromatic heterocycles. The van der Waals surface area contributed by atoms with Crippen molar-refractivity contribution in [3.63, 3.8) is 0 Å². The zero-order valence-electron chi connectivity index (χ0n) is 6.15. The summed E-state index contributed by atoms with van der Waals surface area (Å²) in [6, 6.07) is 3.74. The molecule has 0 aromatic rings. The van der Waals surface area contributed by atoms with Gasteiger partial charge in [-0.05, 0) is 24.6 Å². The summed E-state index contributed by atoms with van der Waals surface area (Å²) in [7, 11) is 0. The van der Waals surface area contributed by atoms with Crippen LogP contribution in [0, 0.1) is 6.92 Å². The van der Waals surface area contributed by atoms with Gasteiger partial charge in [0.1, 0.15) is 0 Å². The van der Waals surface area contributed by atoms with Crippen LogP contribution in [-0.2, 0) is 0 Å². The Morgan fingerprint density at radius 1 is 1.45 bits per heavy atom. The molecule has 3 nitrogen and oxygen atoms in total. The molecule has 0 fully saturated rings. The maximum absolute atomic E-state index is 9.24. The van der Waals surface area contributed by atoms with Gasteiger partial charge in [-0.2, -0.15) is 4.73 Å². The van der Waals surface area contributed by atoms with Gasteiger partial charge in [0.05, 0.1) is 0 Å². The van der Waals surface area contributed by atoms with Crippen LogP contribution in [0.3, 0.4) is 0 Å². The highest BCUT2D eigenvalue weighted by atomic mass is 16.5. The summed E-state index contributed by atoms with van der Waals surface area (Å²) in [5, 5.41) is 9.24. The Balaban J connectivity index is 2.82. The predicted octanol–water partition coefficient (Wildman–Crippen LogP) is 1.53. The summed E-state index contributed by atoms with van der Waals surface area (Å²) in [4.78, 5) is 3.99. The standard InChI is InChI=1S/C8H8N2O/c1-6-3-5-10(11)8-7(6)2-4-9-8/h2-5,11H,1H3. The maximum Gasteiger partial charge on any atom is 0.175 e. The molecule has 0 saturated heterocycles. The summed E-state index contributed by atoms with van der Waals surface area (Å²) in [6.07, 6.45) is 3.27. The minimum Gasteiger partial charge on any atom is -0.427 e. The van der Waals surface area contributed by atoms with E-state index in [9.17, 15) is 5.21 Å². The van der Waals surface area contributed by atoms with Crippen LogP contribution < -0.4 is 0 Å². The van der Waals surface area contributed by atoms with Crippen LogP contribution in [0.25, 0.3) is 11.4 Å². The highest BCUT2D eigenvalue weighted by molar-refractivity contribution is 5.61. The van der Waals surface area contributed by atoms with Crippen LogP contribution >= 0.6 is 0 Å². The van der Waals surface area contributed by atoms with Crippen molar-refractivity contribution in [3.8, 4) is 11.4 Å². The quantitative estimate of drug-likeness (QED) is 0.575. The maximum atomic E-state index is 9.24. The Morgan fingerprint density at radius 2 is 2.27 bits per heavy atom. The molecule has 11 heavy (non-hydrogen) atoms. The van der Waals surface area contributed by atoms with Crippen molar-refractivity contribution in [2.75, 3.05) is 0 Å². The molecular formula is C8H8N2O. The molecule has 0 bridgehead atoms. The highest BCUT2D eigenvalue weighted by Crippen LogP contribution is 2.22. The summed E-state index contributed by atoms with van der Waals surface area (Å²) >= 11 is 0. The van der Waals surface area contributed by atoms with E-state index in [1.54, 1.807) is 12.4 Å². The average molecular weight is 148 g/mol. The molecule has 3 heteroatoms. The Labute approximate surface area is 64.2 Å². The zero-order valence-corrected chi connectivity index (χ0v) is 6.15. The predicted molar refractivity (Wildman–Crippen MR) is 40.8 cm³/mol. The van der Waals surface area contributed by atoms with Crippen molar-refractivity contribution in [2.24, 2.45) is 0 Å². The van der Waals surface area contributed by atoms with E-state index in [4.69, 9.17) is 0 Å². The number of aromatic nitrogens is 2. The number of hydrogen-bond acceptors (Lipinski definition) is 2. The van der Waals surface area contributed by atoms with Crippen LogP contribution in [0.1, 0.15) is 5.56 Å². The molecule has 2 heterocycles. The van der Waals surface area contributed by atoms with Gasteiger partial charge in [-0.3, -0.25) is 0 Å². The third kappa shape index (κ3) is 0.774. The Hall–Kier alpha value is -1.51. The molecule has 0 saturated carbocycles. The van der Waals surface area contributed by atoms with Crippen molar-refractivity contribution in [3.05, 3.63) is 30.1 Å². The van der Waals surface area contributed by atoms with E-state index in [0.29, 0.717) is 5.82 Å². The molecule has 2 aliphatic rings. The SMILES string of the molecule is Cc1ccn(O)c2nccc1-2. The fourth-order valence-electron chi connectivity index (χ4n) is 1.16. The van der Waals surface area contributed by atoms with Crippen molar-refractivity contribution in [1.29, 1.82) is 0 Å². The molecule has 0 radical (unpaired) electrons. The minimum atomic E-state index is 0.616. The monoisotopic (exact) mass is 148 g/mol. The van der Waals surface area contributed by atoms with E-state index in [1.165, 1.54) is 0 Å². The van der Waals surface area contributed by atoms with Crippen molar-refractivity contribution in [2.45, 2.75) is 6.92 Å². The number of aryl methyl sites for hydroxylation is 1. The average Bonchev–Trinajstić information content (AvgIpc) is 2.45. The van der Waals surface area contributed by atoms with Crippen LogP contribution in [-0.4, -0.2) is 14.9 Å². The second kappa shape index (κ2) is 1.99. The first kappa shape index (κ1) is 6.22. The second-order valence-corrected chi connectivity index (χ2v) is 2.53. The first-order valence-electron chi connectivity index (χ1n) is 3.41. The van der Waals surface area contributed by atoms with E-state index >= 15 is 0 Å². The van der Waals surface area contributed by atoms with Crippen LogP contribution in [0.4, 0.5) is 0 Å². The van der Waals surface area contributed by atoms with Gasteiger partial charge >= 0.3 is 0 Å². The number of pyridine rings is 1. The number of fused-ring (bicyclic) bond motifs is 1. The number of hydrogen-bond donors (Lipinski definition) is 1. The fraction of sp³-hybridized carbons (Fsp3) is 0.125. The van der Waals surface area contributed by atoms with Gasteiger partial charge in [-0.15, -0.1) is 0 Å². The van der Waals surface area contributed by atoms with Crippen LogP contribution in [0.15, 0.2) is 24.5 Å². The van der Waals surface area contributed by atoms with Gasteiger partial charge < -0.3 is 5.21 Å². The molecule has 0 amide bonds. The van der Waals surface area contributed by atoms with Gasteiger partial charge in [-0.25, -0.2) is 4.98 Å². The van der Waals surface area contributed by atoms with E-state index in [0.717, 1.165) is 15.9 Å². The molecule has 2 aliphatic heterocycles. The lowest BCUT2D eigenvalue weighted by atomic mass is 10.1. The lowest BCUT2D eigenvalue weighted by Crippen LogP contribution is -1.98. The van der Waals surface area contributed by atoms with Gasteiger partial charge in [-0.1, -0.05) is 0 Å². The van der Waals surface area contributed by atoms with E-state index < -0.39 is 0 Å². The number of nitrogens with zero attached hydrogens (tertiary/aromatic N) is 2. The third-order valence-electron chi connectivity index (χ3n) is 1.79. The topological polar surface area (TPSA) is 38.0 Å². The first-order valence-corrected chi connectivity index (χ1v) is 3.41. The largest absolute Gasteiger partial charge is 0.427 e. The molecular weight excluding hydrogens is 140 g/mol. The van der Waals surface area contributed by atoms with Crippen LogP contribution in [0.5, 0.6) is 0 Å². The lowest BCUT2D eigenvalue weighted by Gasteiger charge is -2.05. The van der Waals surface area contributed by atoms with Gasteiger partial charge in [0.25, 0.3) is 0 Å². The Bertz CT molecular complexity index is 320. The molecule has 0 spiro atoms. The fourth-order valence-corrected chi connectivity index (χ4v) is 1.16. The van der Waals surface area contributed by atoms with E-state index in [1.807, 2.05) is 19.1 Å². The zero-order chi connectivity index (χ0) is 7.84. The number of rotatable bonds is 0. The molecule has 0 atom stereocenters. The van der Waals surface area contributed by atoms with Gasteiger partial charge in [0.15, 0.2) is 5.82 Å². The summed E-state index contributed by atoms with van der Waals surface area (Å²) in [5.74, 6) is 0.616. The van der Waals surface area contributed by atoms with Crippen molar-refractivity contribution in [1.82, 2.24) is 9.71 Å². The molecule has 0 aliphatic carbocycles. The first-order chi connectivity index (χ1) is 5.29. The lowest BCUT2D eigenvalue weighted by molar-refractivity contribution is 0.186. The third-order valence-corrected chi connectivity index (χ3v) is 1.79. The Morgan fingerprint density at radius 3 is 3.00 bits per heavy atom. The van der Waals surface area contributed by atoms with Crippen molar-refractivity contribution >= 4 is 0 Å². The minimum absolute atomic E-state index is 0.616. The molecule has 2 rings (SSSR count). The van der Waals surface area contributed by atoms with Crippen molar-refractivity contribution < 1.29 is 5.21 Å². The molecule has 1 N–H and O–H groups in total. The molecule has 0 aromatic carbocycles. The summed E-state index contributed by atoms with van der Waals surface area (Å²) < 4.78 is 1.03. The summed E-state index contributed by atoms with van der Waals surface area (Å²) in [5.41, 5.74) is 2.12. The van der Waals surface area contributed by atoms with Gasteiger partial charge in [0, 0.05) is 18.0 Å². The van der Waals surface area contributed by atoms with E-state index in [-0.39, 0.29) is 0 Å². The molecule has 0 unspecified atom stereocenters. The summed E-state index contributed by atoms with van der Waals surface area (Å²) in [6.45, 7) is 1.99. The Kier molecular flexibility index (Phi) is 1.12. The van der Waals surface area contributed by atoms with Gasteiger partial charge in [0.2, 0.25) is 0 Å². The van der Waals surface area contributed by atoms with Crippen LogP contribution in [0.2, 0.25) is 0 Å². The second-order valence-electron chi connectivity index (χ2n) is 2.53. The van der Waals surface area contributed by atoms with E-state index in [2.05, 4.69) is 4.98 Å². The normalized spacial score (nSPS) is 10.6.